The number of hydrogen-bond acceptors (Lipinski definition) is 10. The number of esters is 1. The average molecular weight is 511 g/mol. The molecule has 0 spiro atoms. The van der Waals surface area contributed by atoms with Gasteiger partial charge in [0.25, 0.3) is 5.56 Å². The number of ether oxygens (including phenoxy) is 4. The van der Waals surface area contributed by atoms with Gasteiger partial charge in [0.05, 0.1) is 30.7 Å². The van der Waals surface area contributed by atoms with Crippen LogP contribution in [0.5, 0.6) is 11.5 Å². The topological polar surface area (TPSA) is 134 Å². The van der Waals surface area contributed by atoms with E-state index in [4.69, 9.17) is 18.9 Å². The second kappa shape index (κ2) is 10.1. The first-order valence-corrected chi connectivity index (χ1v) is 12.9. The van der Waals surface area contributed by atoms with Crippen LogP contribution in [0.3, 0.4) is 0 Å². The van der Waals surface area contributed by atoms with E-state index in [1.807, 2.05) is 19.1 Å². The monoisotopic (exact) mass is 510 g/mol. The average Bonchev–Trinajstić information content (AvgIpc) is 3.67. The maximum atomic E-state index is 13.5. The first kappa shape index (κ1) is 23.9. The van der Waals surface area contributed by atoms with Crippen LogP contribution < -0.4 is 15.0 Å². The largest absolute Gasteiger partial charge is 0.466 e. The number of tetrazole rings is 1. The molecule has 3 aliphatic rings. The van der Waals surface area contributed by atoms with E-state index in [-0.39, 0.29) is 30.3 Å². The van der Waals surface area contributed by atoms with Crippen LogP contribution in [0.4, 0.5) is 0 Å². The molecule has 0 radical (unpaired) electrons. The first-order valence-electron chi connectivity index (χ1n) is 12.9. The van der Waals surface area contributed by atoms with Crippen molar-refractivity contribution in [2.45, 2.75) is 51.3 Å². The first-order chi connectivity index (χ1) is 18.1. The van der Waals surface area contributed by atoms with Gasteiger partial charge in [0.1, 0.15) is 6.04 Å². The van der Waals surface area contributed by atoms with Crippen molar-refractivity contribution in [2.24, 2.45) is 5.92 Å². The van der Waals surface area contributed by atoms with Gasteiger partial charge < -0.3 is 23.9 Å². The molecule has 37 heavy (non-hydrogen) atoms. The molecule has 2 atom stereocenters. The standard InChI is InChI=1S/C25H30N6O6/c1-2-34-25(33)15-5-7-30(8-6-15)22(23-27-28-29-31(23)13-17-4-3-9-35-17)18-10-16-11-20-21(37-14-36-20)12-19(16)26-24(18)32/h10-12,15,17,22H,2-9,13-14H2,1H3,(H,26,32)/t17-,22+/m1/s1. The van der Waals surface area contributed by atoms with E-state index in [9.17, 15) is 9.59 Å². The van der Waals surface area contributed by atoms with Crippen molar-refractivity contribution in [1.29, 1.82) is 0 Å². The quantitative estimate of drug-likeness (QED) is 0.469. The molecule has 2 aromatic heterocycles. The molecule has 196 valence electrons. The van der Waals surface area contributed by atoms with Crippen LogP contribution in [0.1, 0.15) is 50.0 Å². The number of pyridine rings is 1. The molecule has 0 bridgehead atoms. The number of hydrogen-bond donors (Lipinski definition) is 1. The van der Waals surface area contributed by atoms with Gasteiger partial charge in [0.2, 0.25) is 6.79 Å². The molecule has 1 aromatic carbocycles. The number of nitrogens with one attached hydrogen (secondary N) is 1. The molecule has 1 N–H and O–H groups in total. The maximum absolute atomic E-state index is 13.5. The van der Waals surface area contributed by atoms with E-state index in [0.29, 0.717) is 67.5 Å². The van der Waals surface area contributed by atoms with E-state index in [1.165, 1.54) is 0 Å². The van der Waals surface area contributed by atoms with Gasteiger partial charge >= 0.3 is 5.97 Å². The summed E-state index contributed by atoms with van der Waals surface area (Å²) in [5.41, 5.74) is 0.969. The number of aromatic nitrogens is 5. The minimum atomic E-state index is -0.502. The maximum Gasteiger partial charge on any atom is 0.309 e. The summed E-state index contributed by atoms with van der Waals surface area (Å²) in [5.74, 6) is 1.50. The van der Waals surface area contributed by atoms with Crippen molar-refractivity contribution in [3.63, 3.8) is 0 Å². The lowest BCUT2D eigenvalue weighted by Gasteiger charge is -2.36. The molecule has 3 aromatic rings. The number of fused-ring (bicyclic) bond motifs is 2. The number of carbonyl (C=O) groups is 1. The molecule has 6 rings (SSSR count). The van der Waals surface area contributed by atoms with Gasteiger partial charge in [-0.2, -0.15) is 0 Å². The molecular weight excluding hydrogens is 480 g/mol. The van der Waals surface area contributed by atoms with Crippen LogP contribution in [0.15, 0.2) is 23.0 Å². The number of piperidine rings is 1. The third kappa shape index (κ3) is 4.66. The van der Waals surface area contributed by atoms with Crippen LogP contribution in [0.25, 0.3) is 10.9 Å². The number of rotatable bonds is 7. The van der Waals surface area contributed by atoms with Crippen molar-refractivity contribution in [3.8, 4) is 11.5 Å². The molecule has 0 unspecified atom stereocenters. The fraction of sp³-hybridized carbons (Fsp3) is 0.560. The van der Waals surface area contributed by atoms with Crippen molar-refractivity contribution < 1.29 is 23.7 Å². The summed E-state index contributed by atoms with van der Waals surface area (Å²) < 4.78 is 23.8. The molecule has 0 saturated carbocycles. The van der Waals surface area contributed by atoms with E-state index in [1.54, 1.807) is 10.7 Å². The Balaban J connectivity index is 1.38. The van der Waals surface area contributed by atoms with E-state index in [0.717, 1.165) is 24.8 Å². The Morgan fingerprint density at radius 1 is 1.19 bits per heavy atom. The summed E-state index contributed by atoms with van der Waals surface area (Å²) >= 11 is 0. The number of aromatic amines is 1. The zero-order valence-electron chi connectivity index (χ0n) is 20.7. The second-order valence-electron chi connectivity index (χ2n) is 9.67. The van der Waals surface area contributed by atoms with Gasteiger partial charge in [-0.25, -0.2) is 4.68 Å². The molecule has 2 saturated heterocycles. The number of nitrogens with zero attached hydrogens (tertiary/aromatic N) is 5. The highest BCUT2D eigenvalue weighted by molar-refractivity contribution is 5.83. The summed E-state index contributed by atoms with van der Waals surface area (Å²) in [4.78, 5) is 31.0. The zero-order chi connectivity index (χ0) is 25.4. The van der Waals surface area contributed by atoms with Crippen LogP contribution in [0.2, 0.25) is 0 Å². The smallest absolute Gasteiger partial charge is 0.309 e. The summed E-state index contributed by atoms with van der Waals surface area (Å²) in [7, 11) is 0. The fourth-order valence-electron chi connectivity index (χ4n) is 5.49. The molecule has 2 fully saturated rings. The highest BCUT2D eigenvalue weighted by Gasteiger charge is 2.36. The Hall–Kier alpha value is -3.51. The predicted octanol–water partition coefficient (Wildman–Crippen LogP) is 1.79. The van der Waals surface area contributed by atoms with Gasteiger partial charge in [0.15, 0.2) is 17.3 Å². The van der Waals surface area contributed by atoms with E-state index in [2.05, 4.69) is 25.4 Å². The molecule has 3 aliphatic heterocycles. The lowest BCUT2D eigenvalue weighted by molar-refractivity contribution is -0.149. The van der Waals surface area contributed by atoms with Gasteiger partial charge in [-0.3, -0.25) is 14.5 Å². The lowest BCUT2D eigenvalue weighted by Crippen LogP contribution is -2.42. The van der Waals surface area contributed by atoms with Crippen LogP contribution in [-0.4, -0.2) is 75.3 Å². The molecule has 0 amide bonds. The van der Waals surface area contributed by atoms with E-state index >= 15 is 0 Å². The minimum Gasteiger partial charge on any atom is -0.466 e. The highest BCUT2D eigenvalue weighted by Crippen LogP contribution is 2.37. The van der Waals surface area contributed by atoms with Crippen LogP contribution >= 0.6 is 0 Å². The number of benzene rings is 1. The lowest BCUT2D eigenvalue weighted by atomic mass is 9.94. The zero-order valence-corrected chi connectivity index (χ0v) is 20.7. The Morgan fingerprint density at radius 3 is 2.76 bits per heavy atom. The SMILES string of the molecule is CCOC(=O)C1CCN([C@@H](c2cc3cc4c(cc3[nH]c2=O)OCO4)c2nnnn2C[C@H]2CCCO2)CC1. The fourth-order valence-corrected chi connectivity index (χ4v) is 5.49. The van der Waals surface area contributed by atoms with Gasteiger partial charge in [0, 0.05) is 36.7 Å². The normalized spacial score (nSPS) is 20.9. The van der Waals surface area contributed by atoms with Crippen LogP contribution in [0, 0.1) is 5.92 Å². The van der Waals surface area contributed by atoms with Crippen molar-refractivity contribution in [2.75, 3.05) is 33.1 Å². The minimum absolute atomic E-state index is 0.0343. The molecule has 12 heteroatoms. The summed E-state index contributed by atoms with van der Waals surface area (Å²) in [5, 5.41) is 13.4. The van der Waals surface area contributed by atoms with E-state index < -0.39 is 6.04 Å². The van der Waals surface area contributed by atoms with Crippen molar-refractivity contribution >= 4 is 16.9 Å². The molecule has 5 heterocycles. The van der Waals surface area contributed by atoms with Gasteiger partial charge in [-0.15, -0.1) is 5.10 Å². The van der Waals surface area contributed by atoms with Crippen molar-refractivity contribution in [1.82, 2.24) is 30.1 Å². The van der Waals surface area contributed by atoms with Crippen LogP contribution in [-0.2, 0) is 20.8 Å². The summed E-state index contributed by atoms with van der Waals surface area (Å²) in [6.07, 6.45) is 3.25. The number of H-pyrrole nitrogens is 1. The second-order valence-corrected chi connectivity index (χ2v) is 9.67. The Kier molecular flexibility index (Phi) is 6.51. The summed E-state index contributed by atoms with van der Waals surface area (Å²) in [6.45, 7) is 4.77. The molecule has 12 nitrogen and oxygen atoms in total. The number of likely N-dealkylation sites (tertiary alicyclic amines) is 1. The summed E-state index contributed by atoms with van der Waals surface area (Å²) in [6, 6.07) is 5.03. The van der Waals surface area contributed by atoms with Gasteiger partial charge in [-0.1, -0.05) is 0 Å². The molecule has 0 aliphatic carbocycles. The Labute approximate surface area is 212 Å². The third-order valence-corrected chi connectivity index (χ3v) is 7.38. The number of carbonyl (C=O) groups excluding carboxylic acids is 1. The Bertz CT molecular complexity index is 1340. The highest BCUT2D eigenvalue weighted by atomic mass is 16.7. The van der Waals surface area contributed by atoms with Crippen molar-refractivity contribution in [3.05, 3.63) is 39.9 Å². The molecular formula is C25H30N6O6. The third-order valence-electron chi connectivity index (χ3n) is 7.38. The predicted molar refractivity (Wildman–Crippen MR) is 130 cm³/mol. The Morgan fingerprint density at radius 2 is 2.00 bits per heavy atom. The van der Waals surface area contributed by atoms with Gasteiger partial charge in [-0.05, 0) is 55.2 Å².